The summed E-state index contributed by atoms with van der Waals surface area (Å²) < 4.78 is 28.0. The average molecular weight is 389 g/mol. The molecule has 0 aliphatic carbocycles. The zero-order chi connectivity index (χ0) is 17.7. The summed E-state index contributed by atoms with van der Waals surface area (Å²) in [5, 5.41) is 6.26. The first-order valence-corrected chi connectivity index (χ1v) is 9.43. The molecule has 2 aromatic rings. The second kappa shape index (κ2) is 8.18. The largest absolute Gasteiger partial charge is 0.492 e. The van der Waals surface area contributed by atoms with Crippen molar-refractivity contribution in [2.45, 2.75) is 11.4 Å². The van der Waals surface area contributed by atoms with Crippen LogP contribution in [0.25, 0.3) is 0 Å². The lowest BCUT2D eigenvalue weighted by Crippen LogP contribution is -2.23. The fraction of sp³-hybridized carbons (Fsp3) is 0.250. The van der Waals surface area contributed by atoms with Crippen molar-refractivity contribution in [2.75, 3.05) is 20.2 Å². The van der Waals surface area contributed by atoms with Crippen molar-refractivity contribution in [3.05, 3.63) is 58.1 Å². The van der Waals surface area contributed by atoms with Crippen LogP contribution in [0.2, 0.25) is 10.0 Å². The summed E-state index contributed by atoms with van der Waals surface area (Å²) in [6.07, 6.45) is 0. The SMILES string of the molecule is CN(CCOc1ccc(S(N)(=O)=O)cc1)Cc1cc(Cl)cc(Cl)c1. The van der Waals surface area contributed by atoms with Crippen LogP contribution >= 0.6 is 23.2 Å². The molecule has 0 aliphatic heterocycles. The third-order valence-electron chi connectivity index (χ3n) is 3.27. The lowest BCUT2D eigenvalue weighted by Gasteiger charge is -2.17. The van der Waals surface area contributed by atoms with Gasteiger partial charge in [0.25, 0.3) is 0 Å². The quantitative estimate of drug-likeness (QED) is 0.790. The van der Waals surface area contributed by atoms with Gasteiger partial charge in [0.1, 0.15) is 12.4 Å². The summed E-state index contributed by atoms with van der Waals surface area (Å²) in [5.41, 5.74) is 1.02. The van der Waals surface area contributed by atoms with E-state index in [1.165, 1.54) is 12.1 Å². The topological polar surface area (TPSA) is 72.6 Å². The minimum atomic E-state index is -3.68. The number of benzene rings is 2. The Labute approximate surface area is 152 Å². The molecule has 0 spiro atoms. The van der Waals surface area contributed by atoms with Gasteiger partial charge in [0.05, 0.1) is 4.90 Å². The van der Waals surface area contributed by atoms with Crippen molar-refractivity contribution in [3.63, 3.8) is 0 Å². The molecule has 0 aromatic heterocycles. The van der Waals surface area contributed by atoms with E-state index in [2.05, 4.69) is 4.90 Å². The van der Waals surface area contributed by atoms with E-state index in [-0.39, 0.29) is 4.90 Å². The third-order valence-corrected chi connectivity index (χ3v) is 4.63. The van der Waals surface area contributed by atoms with Crippen molar-refractivity contribution >= 4 is 33.2 Å². The fourth-order valence-electron chi connectivity index (χ4n) is 2.14. The maximum atomic E-state index is 11.2. The smallest absolute Gasteiger partial charge is 0.238 e. The molecule has 0 bridgehead atoms. The molecule has 24 heavy (non-hydrogen) atoms. The molecular formula is C16H18Cl2N2O3S. The van der Waals surface area contributed by atoms with Crippen molar-refractivity contribution in [1.82, 2.24) is 4.90 Å². The van der Waals surface area contributed by atoms with E-state index in [0.29, 0.717) is 35.5 Å². The molecular weight excluding hydrogens is 371 g/mol. The van der Waals surface area contributed by atoms with E-state index in [1.54, 1.807) is 18.2 Å². The van der Waals surface area contributed by atoms with Crippen LogP contribution < -0.4 is 9.88 Å². The molecule has 0 saturated heterocycles. The van der Waals surface area contributed by atoms with Crippen LogP contribution in [0.5, 0.6) is 5.75 Å². The van der Waals surface area contributed by atoms with Gasteiger partial charge in [0.2, 0.25) is 10.0 Å². The summed E-state index contributed by atoms with van der Waals surface area (Å²) in [4.78, 5) is 2.13. The van der Waals surface area contributed by atoms with E-state index in [4.69, 9.17) is 33.1 Å². The predicted octanol–water partition coefficient (Wildman–Crippen LogP) is 3.15. The summed E-state index contributed by atoms with van der Waals surface area (Å²) in [6.45, 7) is 1.83. The lowest BCUT2D eigenvalue weighted by molar-refractivity contribution is 0.233. The number of hydrogen-bond acceptors (Lipinski definition) is 4. The molecule has 2 rings (SSSR count). The highest BCUT2D eigenvalue weighted by Crippen LogP contribution is 2.20. The summed E-state index contributed by atoms with van der Waals surface area (Å²) in [5.74, 6) is 0.585. The maximum absolute atomic E-state index is 11.2. The highest BCUT2D eigenvalue weighted by Gasteiger charge is 2.07. The van der Waals surface area contributed by atoms with Crippen LogP contribution in [0.1, 0.15) is 5.56 Å². The van der Waals surface area contributed by atoms with Crippen molar-refractivity contribution < 1.29 is 13.2 Å². The third kappa shape index (κ3) is 5.96. The fourth-order valence-corrected chi connectivity index (χ4v) is 3.22. The van der Waals surface area contributed by atoms with Gasteiger partial charge in [-0.25, -0.2) is 13.6 Å². The predicted molar refractivity (Wildman–Crippen MR) is 96.1 cm³/mol. The molecule has 130 valence electrons. The summed E-state index contributed by atoms with van der Waals surface area (Å²) in [6, 6.07) is 11.4. The standard InChI is InChI=1S/C16H18Cl2N2O3S/c1-20(11-12-8-13(17)10-14(18)9-12)6-7-23-15-2-4-16(5-3-15)24(19,21)22/h2-5,8-10H,6-7,11H2,1H3,(H2,19,21,22). The Morgan fingerprint density at radius 1 is 1.08 bits per heavy atom. The molecule has 0 amide bonds. The zero-order valence-electron chi connectivity index (χ0n) is 13.1. The highest BCUT2D eigenvalue weighted by molar-refractivity contribution is 7.89. The van der Waals surface area contributed by atoms with E-state index >= 15 is 0 Å². The normalized spacial score (nSPS) is 11.7. The van der Waals surface area contributed by atoms with Gasteiger partial charge in [0, 0.05) is 23.1 Å². The Kier molecular flexibility index (Phi) is 6.48. The second-order valence-electron chi connectivity index (χ2n) is 5.38. The molecule has 8 heteroatoms. The Balaban J connectivity index is 1.83. The molecule has 0 saturated carbocycles. The van der Waals surface area contributed by atoms with Crippen LogP contribution in [0.3, 0.4) is 0 Å². The Bertz CT molecular complexity index is 775. The van der Waals surface area contributed by atoms with Crippen molar-refractivity contribution in [1.29, 1.82) is 0 Å². The summed E-state index contributed by atoms with van der Waals surface area (Å²) in [7, 11) is -1.72. The number of hydrogen-bond donors (Lipinski definition) is 1. The molecule has 0 fully saturated rings. The first-order valence-electron chi connectivity index (χ1n) is 7.13. The summed E-state index contributed by atoms with van der Waals surface area (Å²) >= 11 is 12.0. The number of halogens is 2. The number of ether oxygens (including phenoxy) is 1. The zero-order valence-corrected chi connectivity index (χ0v) is 15.4. The molecule has 0 heterocycles. The van der Waals surface area contributed by atoms with Gasteiger partial charge < -0.3 is 4.74 Å². The van der Waals surface area contributed by atoms with Crippen LogP contribution in [-0.2, 0) is 16.6 Å². The van der Waals surface area contributed by atoms with Gasteiger partial charge >= 0.3 is 0 Å². The number of rotatable bonds is 7. The average Bonchev–Trinajstić information content (AvgIpc) is 2.45. The first kappa shape index (κ1) is 19.0. The van der Waals surface area contributed by atoms with Gasteiger partial charge in [-0.1, -0.05) is 23.2 Å². The number of primary sulfonamides is 1. The van der Waals surface area contributed by atoms with E-state index < -0.39 is 10.0 Å². The molecule has 2 N–H and O–H groups in total. The van der Waals surface area contributed by atoms with E-state index in [0.717, 1.165) is 5.56 Å². The minimum Gasteiger partial charge on any atom is -0.492 e. The van der Waals surface area contributed by atoms with Crippen LogP contribution in [0.15, 0.2) is 47.4 Å². The molecule has 0 aliphatic rings. The second-order valence-corrected chi connectivity index (χ2v) is 7.81. The molecule has 2 aromatic carbocycles. The lowest BCUT2D eigenvalue weighted by atomic mass is 10.2. The van der Waals surface area contributed by atoms with Gasteiger partial charge in [-0.05, 0) is 55.1 Å². The van der Waals surface area contributed by atoms with E-state index in [9.17, 15) is 8.42 Å². The number of sulfonamides is 1. The van der Waals surface area contributed by atoms with Crippen LogP contribution in [-0.4, -0.2) is 33.5 Å². The van der Waals surface area contributed by atoms with E-state index in [1.807, 2.05) is 19.2 Å². The number of nitrogens with two attached hydrogens (primary N) is 1. The first-order chi connectivity index (χ1) is 11.2. The van der Waals surface area contributed by atoms with Gasteiger partial charge in [-0.15, -0.1) is 0 Å². The monoisotopic (exact) mass is 388 g/mol. The Morgan fingerprint density at radius 3 is 2.21 bits per heavy atom. The number of likely N-dealkylation sites (N-methyl/N-ethyl adjacent to an activating group) is 1. The molecule has 0 atom stereocenters. The van der Waals surface area contributed by atoms with Crippen molar-refractivity contribution in [3.8, 4) is 5.75 Å². The molecule has 0 radical (unpaired) electrons. The highest BCUT2D eigenvalue weighted by atomic mass is 35.5. The van der Waals surface area contributed by atoms with Crippen molar-refractivity contribution in [2.24, 2.45) is 5.14 Å². The maximum Gasteiger partial charge on any atom is 0.238 e. The van der Waals surface area contributed by atoms with Gasteiger partial charge in [-0.2, -0.15) is 0 Å². The minimum absolute atomic E-state index is 0.0600. The molecule has 0 unspecified atom stereocenters. The number of nitrogens with zero attached hydrogens (tertiary/aromatic N) is 1. The van der Waals surface area contributed by atoms with Gasteiger partial charge in [-0.3, -0.25) is 4.90 Å². The van der Waals surface area contributed by atoms with Crippen LogP contribution in [0, 0.1) is 0 Å². The Hall–Kier alpha value is -1.31. The Morgan fingerprint density at radius 2 is 1.67 bits per heavy atom. The van der Waals surface area contributed by atoms with Crippen LogP contribution in [0.4, 0.5) is 0 Å². The molecule has 5 nitrogen and oxygen atoms in total. The van der Waals surface area contributed by atoms with Gasteiger partial charge in [0.15, 0.2) is 0 Å².